The second-order valence-corrected chi connectivity index (χ2v) is 4.57. The van der Waals surface area contributed by atoms with Gasteiger partial charge in [-0.2, -0.15) is 5.10 Å². The quantitative estimate of drug-likeness (QED) is 0.816. The molecule has 5 nitrogen and oxygen atoms in total. The normalized spacial score (nSPS) is 18.1. The molecule has 0 spiro atoms. The van der Waals surface area contributed by atoms with E-state index in [1.165, 1.54) is 6.42 Å². The molecule has 5 heteroatoms. The fourth-order valence-electron chi connectivity index (χ4n) is 2.12. The lowest BCUT2D eigenvalue weighted by atomic mass is 10.1. The average molecular weight is 236 g/mol. The lowest BCUT2D eigenvalue weighted by molar-refractivity contribution is -0.133. The summed E-state index contributed by atoms with van der Waals surface area (Å²) in [5, 5.41) is 9.97. The molecule has 0 radical (unpaired) electrons. The van der Waals surface area contributed by atoms with Crippen LogP contribution in [0.1, 0.15) is 31.9 Å². The highest BCUT2D eigenvalue weighted by molar-refractivity contribution is 5.81. The van der Waals surface area contributed by atoms with Crippen molar-refractivity contribution in [2.75, 3.05) is 13.1 Å². The molecular weight excluding hydrogens is 216 g/mol. The first kappa shape index (κ1) is 12.1. The van der Waals surface area contributed by atoms with Gasteiger partial charge < -0.3 is 10.2 Å². The van der Waals surface area contributed by atoms with Gasteiger partial charge in [0.25, 0.3) is 0 Å². The van der Waals surface area contributed by atoms with Crippen molar-refractivity contribution in [3.63, 3.8) is 0 Å². The van der Waals surface area contributed by atoms with Gasteiger partial charge in [-0.3, -0.25) is 9.89 Å². The molecule has 1 saturated heterocycles. The first-order valence-electron chi connectivity index (χ1n) is 6.28. The molecule has 0 bridgehead atoms. The minimum atomic E-state index is -0.128. The Hall–Kier alpha value is -1.36. The molecule has 1 aromatic heterocycles. The number of hydrogen-bond donors (Lipinski definition) is 2. The van der Waals surface area contributed by atoms with E-state index < -0.39 is 0 Å². The van der Waals surface area contributed by atoms with Gasteiger partial charge in [0.2, 0.25) is 5.91 Å². The van der Waals surface area contributed by atoms with Crippen molar-refractivity contribution in [1.29, 1.82) is 0 Å². The zero-order chi connectivity index (χ0) is 12.1. The van der Waals surface area contributed by atoms with Crippen LogP contribution in [-0.4, -0.2) is 40.1 Å². The Balaban J connectivity index is 1.78. The fraction of sp³-hybridized carbons (Fsp3) is 0.667. The molecule has 1 aliphatic heterocycles. The van der Waals surface area contributed by atoms with E-state index in [1.54, 1.807) is 6.20 Å². The maximum Gasteiger partial charge on any atom is 0.239 e. The Bertz CT molecular complexity index is 343. The van der Waals surface area contributed by atoms with Gasteiger partial charge >= 0.3 is 0 Å². The number of carbonyl (C=O) groups is 1. The number of piperidine rings is 1. The molecule has 2 N–H and O–H groups in total. The van der Waals surface area contributed by atoms with E-state index in [0.29, 0.717) is 6.54 Å². The van der Waals surface area contributed by atoms with Crippen LogP contribution < -0.4 is 5.32 Å². The highest BCUT2D eigenvalue weighted by atomic mass is 16.2. The van der Waals surface area contributed by atoms with E-state index >= 15 is 0 Å². The van der Waals surface area contributed by atoms with Crippen molar-refractivity contribution >= 4 is 5.91 Å². The Morgan fingerprint density at radius 3 is 2.94 bits per heavy atom. The van der Waals surface area contributed by atoms with Gasteiger partial charge in [0, 0.05) is 31.5 Å². The molecule has 0 saturated carbocycles. The number of H-pyrrole nitrogens is 1. The third-order valence-corrected chi connectivity index (χ3v) is 3.20. The van der Waals surface area contributed by atoms with Crippen LogP contribution >= 0.6 is 0 Å². The Morgan fingerprint density at radius 2 is 2.29 bits per heavy atom. The van der Waals surface area contributed by atoms with E-state index in [4.69, 9.17) is 0 Å². The van der Waals surface area contributed by atoms with Crippen molar-refractivity contribution in [3.05, 3.63) is 18.0 Å². The maximum atomic E-state index is 12.1. The number of aromatic nitrogens is 2. The standard InChI is InChI=1S/C12H20N4O/c1-10(13-9-11-5-6-14-15-11)12(17)16-7-3-2-4-8-16/h5-6,10,13H,2-4,7-9H2,1H3,(H,14,15). The molecule has 1 unspecified atom stereocenters. The SMILES string of the molecule is CC(NCc1ccn[nH]1)C(=O)N1CCCCC1. The van der Waals surface area contributed by atoms with E-state index in [-0.39, 0.29) is 11.9 Å². The highest BCUT2D eigenvalue weighted by Gasteiger charge is 2.21. The number of likely N-dealkylation sites (tertiary alicyclic amines) is 1. The average Bonchev–Trinajstić information content (AvgIpc) is 2.89. The largest absolute Gasteiger partial charge is 0.341 e. The van der Waals surface area contributed by atoms with Crippen molar-refractivity contribution in [2.24, 2.45) is 0 Å². The number of nitrogens with one attached hydrogen (secondary N) is 2. The summed E-state index contributed by atoms with van der Waals surface area (Å²) in [6, 6.07) is 1.78. The number of amides is 1. The van der Waals surface area contributed by atoms with Crippen molar-refractivity contribution < 1.29 is 4.79 Å². The summed E-state index contributed by atoms with van der Waals surface area (Å²) in [5.41, 5.74) is 1.00. The minimum Gasteiger partial charge on any atom is -0.341 e. The molecule has 0 aliphatic carbocycles. The summed E-state index contributed by atoms with van der Waals surface area (Å²) in [6.45, 7) is 4.40. The number of aromatic amines is 1. The predicted molar refractivity (Wildman–Crippen MR) is 65.3 cm³/mol. The smallest absolute Gasteiger partial charge is 0.239 e. The highest BCUT2D eigenvalue weighted by Crippen LogP contribution is 2.10. The molecule has 17 heavy (non-hydrogen) atoms. The zero-order valence-electron chi connectivity index (χ0n) is 10.3. The predicted octanol–water partition coefficient (Wildman–Crippen LogP) is 0.900. The van der Waals surface area contributed by atoms with Gasteiger partial charge in [-0.05, 0) is 32.3 Å². The van der Waals surface area contributed by atoms with E-state index in [2.05, 4.69) is 15.5 Å². The lowest BCUT2D eigenvalue weighted by Gasteiger charge is -2.29. The minimum absolute atomic E-state index is 0.128. The molecule has 2 rings (SSSR count). The molecule has 1 atom stereocenters. The van der Waals surface area contributed by atoms with E-state index in [1.807, 2.05) is 17.9 Å². The molecule has 1 fully saturated rings. The number of rotatable bonds is 4. The summed E-state index contributed by atoms with van der Waals surface area (Å²) in [4.78, 5) is 14.1. The second kappa shape index (κ2) is 5.82. The fourth-order valence-corrected chi connectivity index (χ4v) is 2.12. The van der Waals surface area contributed by atoms with Crippen LogP contribution in [0.4, 0.5) is 0 Å². The molecule has 1 aliphatic rings. The number of carbonyl (C=O) groups excluding carboxylic acids is 1. The maximum absolute atomic E-state index is 12.1. The zero-order valence-corrected chi connectivity index (χ0v) is 10.3. The van der Waals surface area contributed by atoms with Crippen LogP contribution in [0.3, 0.4) is 0 Å². The van der Waals surface area contributed by atoms with Crippen molar-refractivity contribution in [2.45, 2.75) is 38.8 Å². The van der Waals surface area contributed by atoms with Crippen LogP contribution in [0.25, 0.3) is 0 Å². The van der Waals surface area contributed by atoms with E-state index in [0.717, 1.165) is 31.6 Å². The van der Waals surface area contributed by atoms with Crippen LogP contribution in [-0.2, 0) is 11.3 Å². The topological polar surface area (TPSA) is 61.0 Å². The molecule has 0 aromatic carbocycles. The van der Waals surface area contributed by atoms with Crippen LogP contribution in [0.5, 0.6) is 0 Å². The second-order valence-electron chi connectivity index (χ2n) is 4.57. The van der Waals surface area contributed by atoms with Gasteiger partial charge in [0.05, 0.1) is 6.04 Å². The molecule has 1 amide bonds. The van der Waals surface area contributed by atoms with Crippen LogP contribution in [0, 0.1) is 0 Å². The Kier molecular flexibility index (Phi) is 4.14. The Labute approximate surface area is 102 Å². The van der Waals surface area contributed by atoms with E-state index in [9.17, 15) is 4.79 Å². The first-order chi connectivity index (χ1) is 8.27. The van der Waals surface area contributed by atoms with Gasteiger partial charge in [-0.1, -0.05) is 0 Å². The van der Waals surface area contributed by atoms with Crippen LogP contribution in [0.15, 0.2) is 12.3 Å². The molecular formula is C12H20N4O. The van der Waals surface area contributed by atoms with Gasteiger partial charge in [0.1, 0.15) is 0 Å². The summed E-state index contributed by atoms with van der Waals surface area (Å²) >= 11 is 0. The van der Waals surface area contributed by atoms with Crippen molar-refractivity contribution in [1.82, 2.24) is 20.4 Å². The first-order valence-corrected chi connectivity index (χ1v) is 6.28. The van der Waals surface area contributed by atoms with Crippen LogP contribution in [0.2, 0.25) is 0 Å². The summed E-state index contributed by atoms with van der Waals surface area (Å²) in [7, 11) is 0. The number of hydrogen-bond acceptors (Lipinski definition) is 3. The monoisotopic (exact) mass is 236 g/mol. The summed E-state index contributed by atoms with van der Waals surface area (Å²) < 4.78 is 0. The number of nitrogens with zero attached hydrogens (tertiary/aromatic N) is 2. The summed E-state index contributed by atoms with van der Waals surface area (Å²) in [5.74, 6) is 0.212. The van der Waals surface area contributed by atoms with Gasteiger partial charge in [-0.25, -0.2) is 0 Å². The summed E-state index contributed by atoms with van der Waals surface area (Å²) in [6.07, 6.45) is 5.24. The third-order valence-electron chi connectivity index (χ3n) is 3.20. The molecule has 1 aromatic rings. The Morgan fingerprint density at radius 1 is 1.53 bits per heavy atom. The van der Waals surface area contributed by atoms with Gasteiger partial charge in [-0.15, -0.1) is 0 Å². The molecule has 94 valence electrons. The molecule has 2 heterocycles. The lowest BCUT2D eigenvalue weighted by Crippen LogP contribution is -2.46. The van der Waals surface area contributed by atoms with Gasteiger partial charge in [0.15, 0.2) is 0 Å². The third kappa shape index (κ3) is 3.30. The van der Waals surface area contributed by atoms with Crippen molar-refractivity contribution in [3.8, 4) is 0 Å².